The summed E-state index contributed by atoms with van der Waals surface area (Å²) in [5.74, 6) is -0.429. The molecular formula is C18H19N3O3S. The van der Waals surface area contributed by atoms with Gasteiger partial charge in [0.2, 0.25) is 0 Å². The highest BCUT2D eigenvalue weighted by atomic mass is 32.1. The van der Waals surface area contributed by atoms with Crippen LogP contribution in [0.5, 0.6) is 0 Å². The van der Waals surface area contributed by atoms with Gasteiger partial charge in [-0.1, -0.05) is 6.92 Å². The summed E-state index contributed by atoms with van der Waals surface area (Å²) in [5, 5.41) is 2.92. The third-order valence-corrected chi connectivity index (χ3v) is 4.96. The van der Waals surface area contributed by atoms with Crippen molar-refractivity contribution in [1.82, 2.24) is 14.5 Å². The molecule has 6 nitrogen and oxygen atoms in total. The van der Waals surface area contributed by atoms with E-state index >= 15 is 0 Å². The van der Waals surface area contributed by atoms with E-state index in [0.717, 1.165) is 17.1 Å². The van der Waals surface area contributed by atoms with E-state index in [1.165, 1.54) is 0 Å². The van der Waals surface area contributed by atoms with Crippen LogP contribution in [0.25, 0.3) is 11.0 Å². The van der Waals surface area contributed by atoms with Gasteiger partial charge in [-0.25, -0.2) is 14.8 Å². The van der Waals surface area contributed by atoms with Gasteiger partial charge in [0, 0.05) is 11.9 Å². The van der Waals surface area contributed by atoms with Gasteiger partial charge in [-0.05, 0) is 38.5 Å². The van der Waals surface area contributed by atoms with E-state index in [2.05, 4.69) is 9.97 Å². The lowest BCUT2D eigenvalue weighted by Gasteiger charge is -2.10. The summed E-state index contributed by atoms with van der Waals surface area (Å²) in [6.45, 7) is 6.31. The van der Waals surface area contributed by atoms with Crippen molar-refractivity contribution in [3.63, 3.8) is 0 Å². The molecule has 3 aromatic rings. The van der Waals surface area contributed by atoms with Crippen LogP contribution in [0.4, 0.5) is 0 Å². The maximum Gasteiger partial charge on any atom is 0.338 e. The number of carbonyl (C=O) groups excluding carboxylic acids is 1. The molecule has 0 saturated carbocycles. The fourth-order valence-electron chi connectivity index (χ4n) is 2.62. The SMILES string of the molecule is CCc1nc(COC(=O)c2ccc3c(c2)nc(C)c(=O)n3CC)cs1. The Kier molecular flexibility index (Phi) is 4.94. The molecule has 0 aliphatic heterocycles. The van der Waals surface area contributed by atoms with Crippen LogP contribution in [0.3, 0.4) is 0 Å². The summed E-state index contributed by atoms with van der Waals surface area (Å²) in [4.78, 5) is 33.1. The topological polar surface area (TPSA) is 74.1 Å². The molecule has 0 amide bonds. The Labute approximate surface area is 149 Å². The monoisotopic (exact) mass is 357 g/mol. The smallest absolute Gasteiger partial charge is 0.338 e. The Morgan fingerprint density at radius 2 is 2.08 bits per heavy atom. The van der Waals surface area contributed by atoms with Crippen LogP contribution >= 0.6 is 11.3 Å². The summed E-state index contributed by atoms with van der Waals surface area (Å²) in [6.07, 6.45) is 0.868. The van der Waals surface area contributed by atoms with E-state index in [0.29, 0.717) is 28.8 Å². The third kappa shape index (κ3) is 3.46. The van der Waals surface area contributed by atoms with Crippen LogP contribution in [0.15, 0.2) is 28.4 Å². The Bertz CT molecular complexity index is 991. The number of rotatable bonds is 5. The number of benzene rings is 1. The second-order valence-corrected chi connectivity index (χ2v) is 6.56. The van der Waals surface area contributed by atoms with Crippen LogP contribution < -0.4 is 5.56 Å². The van der Waals surface area contributed by atoms with Crippen molar-refractivity contribution in [2.45, 2.75) is 40.3 Å². The molecule has 0 radical (unpaired) electrons. The quantitative estimate of drug-likeness (QED) is 0.656. The molecule has 0 spiro atoms. The molecule has 0 aliphatic carbocycles. The maximum atomic E-state index is 12.3. The minimum absolute atomic E-state index is 0.111. The first-order valence-corrected chi connectivity index (χ1v) is 9.03. The highest BCUT2D eigenvalue weighted by Crippen LogP contribution is 2.16. The second kappa shape index (κ2) is 7.14. The number of fused-ring (bicyclic) bond motifs is 1. The van der Waals surface area contributed by atoms with Crippen molar-refractivity contribution in [1.29, 1.82) is 0 Å². The number of nitrogens with zero attached hydrogens (tertiary/aromatic N) is 3. The summed E-state index contributed by atoms with van der Waals surface area (Å²) < 4.78 is 6.99. The molecule has 0 aliphatic rings. The van der Waals surface area contributed by atoms with Crippen molar-refractivity contribution < 1.29 is 9.53 Å². The van der Waals surface area contributed by atoms with Gasteiger partial charge in [0.25, 0.3) is 5.56 Å². The number of carbonyl (C=O) groups is 1. The molecular weight excluding hydrogens is 338 g/mol. The number of hydrogen-bond acceptors (Lipinski definition) is 6. The highest BCUT2D eigenvalue weighted by molar-refractivity contribution is 7.09. The Morgan fingerprint density at radius 1 is 1.28 bits per heavy atom. The van der Waals surface area contributed by atoms with Crippen molar-refractivity contribution >= 4 is 28.3 Å². The predicted molar refractivity (Wildman–Crippen MR) is 97.0 cm³/mol. The molecule has 0 N–H and O–H groups in total. The molecule has 0 atom stereocenters. The molecule has 2 aromatic heterocycles. The first-order valence-electron chi connectivity index (χ1n) is 8.15. The minimum atomic E-state index is -0.429. The number of thiazole rings is 1. The van der Waals surface area contributed by atoms with Crippen molar-refractivity contribution in [3.8, 4) is 0 Å². The zero-order valence-corrected chi connectivity index (χ0v) is 15.2. The van der Waals surface area contributed by atoms with Gasteiger partial charge in [-0.2, -0.15) is 0 Å². The summed E-state index contributed by atoms with van der Waals surface area (Å²) in [7, 11) is 0. The van der Waals surface area contributed by atoms with E-state index in [1.807, 2.05) is 19.2 Å². The van der Waals surface area contributed by atoms with Crippen LogP contribution in [0.2, 0.25) is 0 Å². The molecule has 0 bridgehead atoms. The summed E-state index contributed by atoms with van der Waals surface area (Å²) in [6, 6.07) is 5.06. The van der Waals surface area contributed by atoms with E-state index in [1.54, 1.807) is 41.0 Å². The molecule has 25 heavy (non-hydrogen) atoms. The first kappa shape index (κ1) is 17.3. The van der Waals surface area contributed by atoms with Gasteiger partial charge < -0.3 is 9.30 Å². The molecule has 1 aromatic carbocycles. The van der Waals surface area contributed by atoms with Crippen LogP contribution in [0, 0.1) is 6.92 Å². The Hall–Kier alpha value is -2.54. The van der Waals surface area contributed by atoms with E-state index in [4.69, 9.17) is 4.74 Å². The van der Waals surface area contributed by atoms with Crippen LogP contribution in [-0.4, -0.2) is 20.5 Å². The van der Waals surface area contributed by atoms with Gasteiger partial charge in [0.05, 0.1) is 27.3 Å². The third-order valence-electron chi connectivity index (χ3n) is 3.91. The fourth-order valence-corrected chi connectivity index (χ4v) is 3.35. The molecule has 0 unspecified atom stereocenters. The van der Waals surface area contributed by atoms with Gasteiger partial charge >= 0.3 is 5.97 Å². The van der Waals surface area contributed by atoms with Crippen molar-refractivity contribution in [3.05, 3.63) is 55.9 Å². The van der Waals surface area contributed by atoms with Gasteiger partial charge in [-0.3, -0.25) is 4.79 Å². The lowest BCUT2D eigenvalue weighted by Crippen LogP contribution is -2.23. The lowest BCUT2D eigenvalue weighted by atomic mass is 10.2. The average molecular weight is 357 g/mol. The minimum Gasteiger partial charge on any atom is -0.456 e. The van der Waals surface area contributed by atoms with E-state index in [-0.39, 0.29) is 12.2 Å². The molecule has 0 fully saturated rings. The zero-order valence-electron chi connectivity index (χ0n) is 14.4. The van der Waals surface area contributed by atoms with Crippen molar-refractivity contribution in [2.75, 3.05) is 0 Å². The van der Waals surface area contributed by atoms with Gasteiger partial charge in [0.15, 0.2) is 0 Å². The molecule has 7 heteroatoms. The second-order valence-electron chi connectivity index (χ2n) is 5.61. The summed E-state index contributed by atoms with van der Waals surface area (Å²) in [5.41, 5.74) is 2.78. The lowest BCUT2D eigenvalue weighted by molar-refractivity contribution is 0.0468. The van der Waals surface area contributed by atoms with E-state index in [9.17, 15) is 9.59 Å². The maximum absolute atomic E-state index is 12.3. The largest absolute Gasteiger partial charge is 0.456 e. The standard InChI is InChI=1S/C18H19N3O3S/c1-4-16-20-13(10-25-16)9-24-18(23)12-6-7-15-14(8-12)19-11(3)17(22)21(15)5-2/h6-8,10H,4-5,9H2,1-3H3. The van der Waals surface area contributed by atoms with Crippen molar-refractivity contribution in [2.24, 2.45) is 0 Å². The molecule has 130 valence electrons. The van der Waals surface area contributed by atoms with Gasteiger partial charge in [0.1, 0.15) is 12.3 Å². The van der Waals surface area contributed by atoms with E-state index < -0.39 is 5.97 Å². The number of aromatic nitrogens is 3. The number of esters is 1. The number of ether oxygens (including phenoxy) is 1. The molecule has 0 saturated heterocycles. The average Bonchev–Trinajstić information content (AvgIpc) is 3.08. The number of aryl methyl sites for hydroxylation is 3. The fraction of sp³-hybridized carbons (Fsp3) is 0.333. The predicted octanol–water partition coefficient (Wildman–Crippen LogP) is 3.10. The Balaban J connectivity index is 1.84. The Morgan fingerprint density at radius 3 is 2.76 bits per heavy atom. The zero-order chi connectivity index (χ0) is 18.0. The molecule has 3 rings (SSSR count). The summed E-state index contributed by atoms with van der Waals surface area (Å²) >= 11 is 1.56. The van der Waals surface area contributed by atoms with Crippen LogP contribution in [-0.2, 0) is 24.3 Å². The van der Waals surface area contributed by atoms with Crippen LogP contribution in [0.1, 0.15) is 40.6 Å². The van der Waals surface area contributed by atoms with Gasteiger partial charge in [-0.15, -0.1) is 11.3 Å². The molecule has 2 heterocycles. The highest BCUT2D eigenvalue weighted by Gasteiger charge is 2.13. The normalized spacial score (nSPS) is 11.0. The number of hydrogen-bond donors (Lipinski definition) is 0. The first-order chi connectivity index (χ1) is 12.0.